The number of aromatic nitrogens is 2. The molecule has 124 valence electrons. The highest BCUT2D eigenvalue weighted by Gasteiger charge is 2.52. The Kier molecular flexibility index (Phi) is 3.77. The molecule has 1 fully saturated rings. The van der Waals surface area contributed by atoms with Crippen LogP contribution in [0.2, 0.25) is 0 Å². The monoisotopic (exact) mass is 344 g/mol. The summed E-state index contributed by atoms with van der Waals surface area (Å²) in [5.74, 6) is 0.556. The first kappa shape index (κ1) is 15.5. The minimum Gasteiger partial charge on any atom is -0.379 e. The number of thioether (sulfide) groups is 1. The highest BCUT2D eigenvalue weighted by Crippen LogP contribution is 2.48. The highest BCUT2D eigenvalue weighted by atomic mass is 32.2. The van der Waals surface area contributed by atoms with E-state index in [0.29, 0.717) is 23.0 Å². The second kappa shape index (κ2) is 5.82. The maximum atomic E-state index is 14.7. The number of aliphatic imine (C=N–C) groups is 1. The molecule has 1 saturated heterocycles. The lowest BCUT2D eigenvalue weighted by atomic mass is 9.78. The van der Waals surface area contributed by atoms with Gasteiger partial charge in [0.05, 0.1) is 18.4 Å². The number of fused-ring (bicyclic) bond motifs is 1. The Morgan fingerprint density at radius 3 is 3.04 bits per heavy atom. The van der Waals surface area contributed by atoms with Gasteiger partial charge in [-0.25, -0.2) is 9.38 Å². The Bertz CT molecular complexity index is 800. The topological polar surface area (TPSA) is 73.4 Å². The van der Waals surface area contributed by atoms with Crippen molar-refractivity contribution in [3.05, 3.63) is 47.9 Å². The summed E-state index contributed by atoms with van der Waals surface area (Å²) in [7, 11) is 0. The van der Waals surface area contributed by atoms with Gasteiger partial charge in [-0.05, 0) is 37.3 Å². The Hall–Kier alpha value is -1.99. The second-order valence-electron chi connectivity index (χ2n) is 6.11. The number of hydrogen-bond donors (Lipinski definition) is 1. The molecule has 0 saturated carbocycles. The molecule has 0 bridgehead atoms. The molecule has 0 radical (unpaired) electrons. The summed E-state index contributed by atoms with van der Waals surface area (Å²) in [5, 5.41) is 8.48. The first-order valence-electron chi connectivity index (χ1n) is 7.78. The highest BCUT2D eigenvalue weighted by molar-refractivity contribution is 8.13. The molecule has 2 N–H and O–H groups in total. The third kappa shape index (κ3) is 2.39. The third-order valence-electron chi connectivity index (χ3n) is 4.77. The summed E-state index contributed by atoms with van der Waals surface area (Å²) in [5.41, 5.74) is 7.22. The van der Waals surface area contributed by atoms with E-state index in [9.17, 15) is 4.39 Å². The van der Waals surface area contributed by atoms with Gasteiger partial charge in [0.2, 0.25) is 0 Å². The molecule has 3 atom stereocenters. The number of halogens is 1. The van der Waals surface area contributed by atoms with Gasteiger partial charge in [0.1, 0.15) is 11.4 Å². The van der Waals surface area contributed by atoms with Crippen LogP contribution in [0.15, 0.2) is 41.5 Å². The van der Waals surface area contributed by atoms with Crippen LogP contribution >= 0.6 is 11.8 Å². The maximum Gasteiger partial charge on any atom is 0.154 e. The van der Waals surface area contributed by atoms with E-state index in [2.05, 4.69) is 15.2 Å². The maximum absolute atomic E-state index is 14.7. The number of nitrogens with zero attached hydrogens (tertiary/aromatic N) is 3. The van der Waals surface area contributed by atoms with Crippen LogP contribution in [0.1, 0.15) is 12.5 Å². The van der Waals surface area contributed by atoms with Crippen LogP contribution in [0.5, 0.6) is 0 Å². The number of benzene rings is 1. The van der Waals surface area contributed by atoms with Gasteiger partial charge in [0.15, 0.2) is 5.17 Å². The van der Waals surface area contributed by atoms with Crippen LogP contribution in [0.25, 0.3) is 11.3 Å². The number of rotatable bonds is 2. The molecule has 4 rings (SSSR count). The average Bonchev–Trinajstić information content (AvgIpc) is 2.93. The van der Waals surface area contributed by atoms with Crippen LogP contribution < -0.4 is 5.73 Å². The minimum absolute atomic E-state index is 0.00826. The van der Waals surface area contributed by atoms with Crippen LogP contribution in [0.3, 0.4) is 0 Å². The van der Waals surface area contributed by atoms with E-state index in [0.717, 1.165) is 11.3 Å². The summed E-state index contributed by atoms with van der Waals surface area (Å²) in [4.78, 5) is 4.65. The van der Waals surface area contributed by atoms with E-state index in [4.69, 9.17) is 10.5 Å². The summed E-state index contributed by atoms with van der Waals surface area (Å²) in [6, 6.07) is 8.63. The van der Waals surface area contributed by atoms with Crippen molar-refractivity contribution in [3.63, 3.8) is 0 Å². The van der Waals surface area contributed by atoms with Crippen LogP contribution in [0, 0.1) is 11.7 Å². The van der Waals surface area contributed by atoms with E-state index in [-0.39, 0.29) is 17.8 Å². The summed E-state index contributed by atoms with van der Waals surface area (Å²) >= 11 is 1.50. The predicted octanol–water partition coefficient (Wildman–Crippen LogP) is 2.57. The lowest BCUT2D eigenvalue weighted by molar-refractivity contribution is 0.107. The third-order valence-corrected chi connectivity index (χ3v) is 5.68. The van der Waals surface area contributed by atoms with Gasteiger partial charge < -0.3 is 10.5 Å². The van der Waals surface area contributed by atoms with Crippen LogP contribution in [0.4, 0.5) is 4.39 Å². The fourth-order valence-electron chi connectivity index (χ4n) is 3.47. The average molecular weight is 344 g/mol. The van der Waals surface area contributed by atoms with Gasteiger partial charge in [-0.3, -0.25) is 0 Å². The molecule has 24 heavy (non-hydrogen) atoms. The molecule has 1 aromatic carbocycles. The second-order valence-corrected chi connectivity index (χ2v) is 7.15. The molecule has 1 aromatic heterocycles. The lowest BCUT2D eigenvalue weighted by Crippen LogP contribution is -2.41. The van der Waals surface area contributed by atoms with E-state index >= 15 is 0 Å². The van der Waals surface area contributed by atoms with Crippen molar-refractivity contribution in [1.82, 2.24) is 10.2 Å². The smallest absolute Gasteiger partial charge is 0.154 e. The molecule has 2 aliphatic heterocycles. The fraction of sp³-hybridized carbons (Fsp3) is 0.353. The molecule has 5 nitrogen and oxygen atoms in total. The van der Waals surface area contributed by atoms with Gasteiger partial charge in [-0.1, -0.05) is 11.8 Å². The zero-order valence-corrected chi connectivity index (χ0v) is 14.0. The van der Waals surface area contributed by atoms with Gasteiger partial charge >= 0.3 is 0 Å². The van der Waals surface area contributed by atoms with E-state index < -0.39 is 5.54 Å². The molecule has 3 heterocycles. The van der Waals surface area contributed by atoms with Crippen molar-refractivity contribution in [2.24, 2.45) is 16.6 Å². The number of amidine groups is 1. The van der Waals surface area contributed by atoms with Crippen LogP contribution in [-0.2, 0) is 10.3 Å². The standard InChI is InChI=1S/C17H17FN4OS/c1-10-13-8-24-16(19)21-17(13,9-23-10)12-7-11(4-5-14(12)18)15-3-2-6-20-22-15/h2-7,10,13H,8-9H2,1H3,(H2,19,21)/t10-,13-,17-/m1/s1. The largest absolute Gasteiger partial charge is 0.379 e. The molecular formula is C17H17FN4OS. The van der Waals surface area contributed by atoms with Gasteiger partial charge in [-0.15, -0.1) is 0 Å². The van der Waals surface area contributed by atoms with E-state index in [1.807, 2.05) is 13.0 Å². The first-order chi connectivity index (χ1) is 11.6. The molecule has 0 unspecified atom stereocenters. The van der Waals surface area contributed by atoms with Crippen molar-refractivity contribution < 1.29 is 9.13 Å². The van der Waals surface area contributed by atoms with Crippen molar-refractivity contribution >= 4 is 16.9 Å². The Morgan fingerprint density at radius 1 is 1.38 bits per heavy atom. The van der Waals surface area contributed by atoms with Crippen molar-refractivity contribution in [1.29, 1.82) is 0 Å². The van der Waals surface area contributed by atoms with Gasteiger partial charge in [0, 0.05) is 29.0 Å². The van der Waals surface area contributed by atoms with Crippen molar-refractivity contribution in [2.45, 2.75) is 18.6 Å². The Morgan fingerprint density at radius 2 is 2.25 bits per heavy atom. The molecular weight excluding hydrogens is 327 g/mol. The van der Waals surface area contributed by atoms with Crippen molar-refractivity contribution in [2.75, 3.05) is 12.4 Å². The molecule has 2 aliphatic rings. The molecule has 7 heteroatoms. The molecule has 0 aliphatic carbocycles. The normalized spacial score (nSPS) is 29.2. The SMILES string of the molecule is C[C@H]1OC[C@]2(c3cc(-c4cccnn4)ccc3F)N=C(N)SC[C@H]12. The fourth-order valence-corrected chi connectivity index (χ4v) is 4.60. The zero-order chi connectivity index (χ0) is 16.7. The minimum atomic E-state index is -0.767. The Labute approximate surface area is 143 Å². The Balaban J connectivity index is 1.87. The first-order valence-corrected chi connectivity index (χ1v) is 8.76. The lowest BCUT2D eigenvalue weighted by Gasteiger charge is -2.35. The molecule has 0 amide bonds. The summed E-state index contributed by atoms with van der Waals surface area (Å²) in [6.07, 6.45) is 1.62. The van der Waals surface area contributed by atoms with E-state index in [1.165, 1.54) is 17.8 Å². The van der Waals surface area contributed by atoms with Crippen molar-refractivity contribution in [3.8, 4) is 11.3 Å². The number of nitrogens with two attached hydrogens (primary N) is 1. The van der Waals surface area contributed by atoms with Crippen LogP contribution in [-0.4, -0.2) is 33.8 Å². The quantitative estimate of drug-likeness (QED) is 0.906. The number of ether oxygens (including phenoxy) is 1. The molecule has 2 aromatic rings. The summed E-state index contributed by atoms with van der Waals surface area (Å²) < 4.78 is 20.6. The molecule has 0 spiro atoms. The van der Waals surface area contributed by atoms with Gasteiger partial charge in [0.25, 0.3) is 0 Å². The summed E-state index contributed by atoms with van der Waals surface area (Å²) in [6.45, 7) is 2.34. The zero-order valence-electron chi connectivity index (χ0n) is 13.1. The van der Waals surface area contributed by atoms with E-state index in [1.54, 1.807) is 24.4 Å². The van der Waals surface area contributed by atoms with Gasteiger partial charge in [-0.2, -0.15) is 10.2 Å². The predicted molar refractivity (Wildman–Crippen MR) is 92.1 cm³/mol. The number of hydrogen-bond acceptors (Lipinski definition) is 6.